The van der Waals surface area contributed by atoms with Crippen LogP contribution in [0.5, 0.6) is 11.5 Å². The maximum Gasteiger partial charge on any atom is 0.355 e. The summed E-state index contributed by atoms with van der Waals surface area (Å²) in [4.78, 5) is 29.2. The van der Waals surface area contributed by atoms with E-state index in [1.165, 1.54) is 28.5 Å². The maximum atomic E-state index is 12.3. The predicted molar refractivity (Wildman–Crippen MR) is 118 cm³/mol. The first-order valence-corrected chi connectivity index (χ1v) is 11.4. The standard InChI is InChI=1S/C19H22ClN3O5S2/c1-27-15-8-16(28-2)13(7-12(15)20)21-9-11-3-4-17(24)23(11)5-6-29-19-22-14(10-30-19)18(25)26/h7-8,10-11,21H,3-6,9H2,1-2H3,(H,25,26)/t11-/m1/s1. The zero-order valence-electron chi connectivity index (χ0n) is 16.5. The Morgan fingerprint density at radius 2 is 2.17 bits per heavy atom. The summed E-state index contributed by atoms with van der Waals surface area (Å²) in [5.41, 5.74) is 0.787. The van der Waals surface area contributed by atoms with E-state index in [1.54, 1.807) is 26.4 Å². The number of rotatable bonds is 10. The van der Waals surface area contributed by atoms with Crippen LogP contribution in [-0.2, 0) is 4.79 Å². The van der Waals surface area contributed by atoms with E-state index in [-0.39, 0.29) is 17.6 Å². The first-order chi connectivity index (χ1) is 14.4. The number of aromatic nitrogens is 1. The van der Waals surface area contributed by atoms with Crippen LogP contribution < -0.4 is 14.8 Å². The van der Waals surface area contributed by atoms with Crippen molar-refractivity contribution in [2.75, 3.05) is 38.4 Å². The monoisotopic (exact) mass is 471 g/mol. The number of carboxylic acid groups (broad SMARTS) is 1. The Morgan fingerprint density at radius 3 is 2.83 bits per heavy atom. The van der Waals surface area contributed by atoms with Gasteiger partial charge in [-0.2, -0.15) is 0 Å². The number of methoxy groups -OCH3 is 2. The van der Waals surface area contributed by atoms with Crippen LogP contribution >= 0.6 is 34.7 Å². The molecule has 0 radical (unpaired) electrons. The number of halogens is 1. The Hall–Kier alpha value is -2.17. The number of carbonyl (C=O) groups excluding carboxylic acids is 1. The second-order valence-electron chi connectivity index (χ2n) is 6.50. The van der Waals surface area contributed by atoms with E-state index in [0.29, 0.717) is 46.1 Å². The molecule has 1 amide bonds. The number of thioether (sulfide) groups is 1. The molecule has 8 nitrogen and oxygen atoms in total. The number of benzene rings is 1. The molecule has 0 unspecified atom stereocenters. The molecule has 162 valence electrons. The number of nitrogens with one attached hydrogen (secondary N) is 1. The highest BCUT2D eigenvalue weighted by Crippen LogP contribution is 2.36. The van der Waals surface area contributed by atoms with Crippen LogP contribution in [-0.4, -0.2) is 66.0 Å². The zero-order chi connectivity index (χ0) is 21.7. The number of aromatic carboxylic acids is 1. The molecule has 2 heterocycles. The van der Waals surface area contributed by atoms with Crippen molar-refractivity contribution in [2.24, 2.45) is 0 Å². The van der Waals surface area contributed by atoms with Gasteiger partial charge in [0.15, 0.2) is 10.0 Å². The Kier molecular flexibility index (Phi) is 7.68. The highest BCUT2D eigenvalue weighted by atomic mass is 35.5. The summed E-state index contributed by atoms with van der Waals surface area (Å²) < 4.78 is 11.3. The second kappa shape index (κ2) is 10.2. The van der Waals surface area contributed by atoms with E-state index in [4.69, 9.17) is 26.2 Å². The van der Waals surface area contributed by atoms with Crippen molar-refractivity contribution >= 4 is 52.3 Å². The van der Waals surface area contributed by atoms with E-state index in [2.05, 4.69) is 10.3 Å². The molecule has 1 aliphatic heterocycles. The zero-order valence-corrected chi connectivity index (χ0v) is 18.9. The van der Waals surface area contributed by atoms with Gasteiger partial charge in [-0.15, -0.1) is 11.3 Å². The Bertz CT molecular complexity index is 924. The maximum absolute atomic E-state index is 12.3. The molecular weight excluding hydrogens is 450 g/mol. The second-order valence-corrected chi connectivity index (χ2v) is 9.11. The first-order valence-electron chi connectivity index (χ1n) is 9.19. The molecule has 0 bridgehead atoms. The summed E-state index contributed by atoms with van der Waals surface area (Å²) in [7, 11) is 3.12. The highest BCUT2D eigenvalue weighted by Gasteiger charge is 2.30. The summed E-state index contributed by atoms with van der Waals surface area (Å²) >= 11 is 8.98. The molecule has 0 aliphatic carbocycles. The Balaban J connectivity index is 1.57. The van der Waals surface area contributed by atoms with Crippen LogP contribution in [0, 0.1) is 0 Å². The molecule has 1 fully saturated rings. The van der Waals surface area contributed by atoms with Gasteiger partial charge in [-0.25, -0.2) is 9.78 Å². The molecular formula is C19H22ClN3O5S2. The Labute approximate surface area is 187 Å². The third kappa shape index (κ3) is 5.30. The van der Waals surface area contributed by atoms with Crippen molar-refractivity contribution < 1.29 is 24.2 Å². The van der Waals surface area contributed by atoms with Crippen LogP contribution in [0.25, 0.3) is 0 Å². The van der Waals surface area contributed by atoms with E-state index >= 15 is 0 Å². The van der Waals surface area contributed by atoms with Crippen molar-refractivity contribution in [1.29, 1.82) is 0 Å². The van der Waals surface area contributed by atoms with Crippen LogP contribution in [0.15, 0.2) is 21.9 Å². The van der Waals surface area contributed by atoms with Gasteiger partial charge in [0.1, 0.15) is 11.5 Å². The minimum atomic E-state index is -1.03. The number of hydrogen-bond donors (Lipinski definition) is 2. The van der Waals surface area contributed by atoms with E-state index < -0.39 is 5.97 Å². The minimum Gasteiger partial charge on any atom is -0.495 e. The molecule has 1 aromatic heterocycles. The van der Waals surface area contributed by atoms with Crippen LogP contribution in [0.4, 0.5) is 5.69 Å². The molecule has 1 aromatic carbocycles. The molecule has 2 aromatic rings. The molecule has 3 rings (SSSR count). The van der Waals surface area contributed by atoms with Gasteiger partial charge < -0.3 is 24.8 Å². The Morgan fingerprint density at radius 1 is 1.40 bits per heavy atom. The number of hydrogen-bond acceptors (Lipinski definition) is 8. The lowest BCUT2D eigenvalue weighted by Gasteiger charge is -2.25. The van der Waals surface area contributed by atoms with Crippen LogP contribution in [0.2, 0.25) is 5.02 Å². The summed E-state index contributed by atoms with van der Waals surface area (Å²) in [6.45, 7) is 1.13. The smallest absolute Gasteiger partial charge is 0.355 e. The lowest BCUT2D eigenvalue weighted by Crippen LogP contribution is -2.39. The van der Waals surface area contributed by atoms with Gasteiger partial charge >= 0.3 is 5.97 Å². The number of carbonyl (C=O) groups is 2. The van der Waals surface area contributed by atoms with E-state index in [9.17, 15) is 9.59 Å². The third-order valence-electron chi connectivity index (χ3n) is 4.71. The molecule has 0 spiro atoms. The fraction of sp³-hybridized carbons (Fsp3) is 0.421. The van der Waals surface area contributed by atoms with Crippen molar-refractivity contribution in [3.63, 3.8) is 0 Å². The van der Waals surface area contributed by atoms with Gasteiger partial charge in [0, 0.05) is 42.8 Å². The van der Waals surface area contributed by atoms with Crippen molar-refractivity contribution in [3.05, 3.63) is 28.2 Å². The quantitative estimate of drug-likeness (QED) is 0.506. The normalized spacial score (nSPS) is 16.0. The van der Waals surface area contributed by atoms with E-state index in [0.717, 1.165) is 12.1 Å². The largest absolute Gasteiger partial charge is 0.495 e. The van der Waals surface area contributed by atoms with Gasteiger partial charge in [0.2, 0.25) is 5.91 Å². The summed E-state index contributed by atoms with van der Waals surface area (Å²) in [6, 6.07) is 3.52. The minimum absolute atomic E-state index is 0.0499. The lowest BCUT2D eigenvalue weighted by atomic mass is 10.2. The van der Waals surface area contributed by atoms with Crippen LogP contribution in [0.1, 0.15) is 23.3 Å². The molecule has 1 aliphatic rings. The summed E-state index contributed by atoms with van der Waals surface area (Å²) in [5.74, 6) is 0.871. The molecule has 1 atom stereocenters. The number of nitrogens with zero attached hydrogens (tertiary/aromatic N) is 2. The van der Waals surface area contributed by atoms with Crippen molar-refractivity contribution in [2.45, 2.75) is 23.2 Å². The first kappa shape index (κ1) is 22.5. The van der Waals surface area contributed by atoms with Gasteiger partial charge in [-0.1, -0.05) is 23.4 Å². The fourth-order valence-corrected chi connectivity index (χ4v) is 5.24. The van der Waals surface area contributed by atoms with E-state index in [1.807, 2.05) is 4.90 Å². The number of thiazole rings is 1. The number of carboxylic acids is 1. The topological polar surface area (TPSA) is 101 Å². The van der Waals surface area contributed by atoms with Gasteiger partial charge in [0.25, 0.3) is 0 Å². The van der Waals surface area contributed by atoms with Crippen LogP contribution in [0.3, 0.4) is 0 Å². The van der Waals surface area contributed by atoms with Crippen molar-refractivity contribution in [1.82, 2.24) is 9.88 Å². The molecule has 1 saturated heterocycles. The number of amides is 1. The number of likely N-dealkylation sites (tertiary alicyclic amines) is 1. The average Bonchev–Trinajstić information content (AvgIpc) is 3.34. The predicted octanol–water partition coefficient (Wildman–Crippen LogP) is 3.71. The molecule has 11 heteroatoms. The summed E-state index contributed by atoms with van der Waals surface area (Å²) in [5, 5.41) is 14.3. The van der Waals surface area contributed by atoms with Crippen molar-refractivity contribution in [3.8, 4) is 11.5 Å². The third-order valence-corrected chi connectivity index (χ3v) is 7.01. The number of ether oxygens (including phenoxy) is 2. The lowest BCUT2D eigenvalue weighted by molar-refractivity contribution is -0.128. The average molecular weight is 472 g/mol. The van der Waals surface area contributed by atoms with Gasteiger partial charge in [-0.3, -0.25) is 4.79 Å². The SMILES string of the molecule is COc1cc(OC)c(NC[C@H]2CCC(=O)N2CCSc2nc(C(=O)O)cs2)cc1Cl. The van der Waals surface area contributed by atoms with Gasteiger partial charge in [0.05, 0.1) is 24.9 Å². The number of anilines is 1. The highest BCUT2D eigenvalue weighted by molar-refractivity contribution is 8.01. The molecule has 30 heavy (non-hydrogen) atoms. The van der Waals surface area contributed by atoms with Gasteiger partial charge in [-0.05, 0) is 12.5 Å². The fourth-order valence-electron chi connectivity index (χ4n) is 3.19. The molecule has 0 saturated carbocycles. The molecule has 2 N–H and O–H groups in total. The summed E-state index contributed by atoms with van der Waals surface area (Å²) in [6.07, 6.45) is 1.28.